The molecule has 2 N–H and O–H groups in total. The Morgan fingerprint density at radius 2 is 1.79 bits per heavy atom. The first-order valence-corrected chi connectivity index (χ1v) is 5.30. The van der Waals surface area contributed by atoms with Crippen LogP contribution in [0.15, 0.2) is 0 Å². The third-order valence-electron chi connectivity index (χ3n) is 3.19. The summed E-state index contributed by atoms with van der Waals surface area (Å²) in [4.78, 5) is 13.2. The van der Waals surface area contributed by atoms with Gasteiger partial charge in [-0.2, -0.15) is 0 Å². The van der Waals surface area contributed by atoms with Gasteiger partial charge in [0, 0.05) is 26.2 Å². The van der Waals surface area contributed by atoms with E-state index < -0.39 is 0 Å². The van der Waals surface area contributed by atoms with Gasteiger partial charge in [0.25, 0.3) is 0 Å². The molecule has 1 rings (SSSR count). The molecule has 2 amide bonds. The molecule has 0 aromatic rings. The van der Waals surface area contributed by atoms with E-state index >= 15 is 0 Å². The van der Waals surface area contributed by atoms with Crippen molar-refractivity contribution in [2.75, 3.05) is 21.1 Å². The van der Waals surface area contributed by atoms with Gasteiger partial charge >= 0.3 is 6.03 Å². The summed E-state index contributed by atoms with van der Waals surface area (Å²) in [6.07, 6.45) is 4.55. The summed E-state index contributed by atoms with van der Waals surface area (Å²) in [5.41, 5.74) is 0. The SMILES string of the molecule is CNC(=O)N(C)C1CCC(NC)CC1. The van der Waals surface area contributed by atoms with E-state index in [0.29, 0.717) is 12.1 Å². The first kappa shape index (κ1) is 11.3. The van der Waals surface area contributed by atoms with Crippen molar-refractivity contribution < 1.29 is 4.79 Å². The van der Waals surface area contributed by atoms with E-state index in [1.165, 1.54) is 12.8 Å². The summed E-state index contributed by atoms with van der Waals surface area (Å²) < 4.78 is 0. The van der Waals surface area contributed by atoms with E-state index in [9.17, 15) is 4.79 Å². The molecule has 0 aromatic heterocycles. The molecule has 1 saturated carbocycles. The van der Waals surface area contributed by atoms with Gasteiger partial charge < -0.3 is 15.5 Å². The van der Waals surface area contributed by atoms with Crippen molar-refractivity contribution in [1.29, 1.82) is 0 Å². The van der Waals surface area contributed by atoms with Crippen LogP contribution in [0.4, 0.5) is 4.79 Å². The van der Waals surface area contributed by atoms with Crippen molar-refractivity contribution in [2.45, 2.75) is 37.8 Å². The monoisotopic (exact) mass is 199 g/mol. The third-order valence-corrected chi connectivity index (χ3v) is 3.19. The highest BCUT2D eigenvalue weighted by Gasteiger charge is 2.25. The van der Waals surface area contributed by atoms with E-state index in [4.69, 9.17) is 0 Å². The van der Waals surface area contributed by atoms with Crippen molar-refractivity contribution in [3.8, 4) is 0 Å². The molecule has 0 atom stereocenters. The summed E-state index contributed by atoms with van der Waals surface area (Å²) in [6.45, 7) is 0. The zero-order chi connectivity index (χ0) is 10.6. The molecule has 14 heavy (non-hydrogen) atoms. The van der Waals surface area contributed by atoms with Crippen molar-refractivity contribution in [1.82, 2.24) is 15.5 Å². The molecule has 0 heterocycles. The minimum atomic E-state index is 0.0258. The second-order valence-corrected chi connectivity index (χ2v) is 3.96. The van der Waals surface area contributed by atoms with E-state index in [1.807, 2.05) is 19.0 Å². The van der Waals surface area contributed by atoms with Crippen LogP contribution in [0, 0.1) is 0 Å². The van der Waals surface area contributed by atoms with E-state index in [-0.39, 0.29) is 6.03 Å². The van der Waals surface area contributed by atoms with Gasteiger partial charge in [-0.1, -0.05) is 0 Å². The standard InChI is InChI=1S/C10H21N3O/c1-11-8-4-6-9(7-5-8)13(3)10(14)12-2/h8-9,11H,4-7H2,1-3H3,(H,12,14). The molecule has 1 fully saturated rings. The molecule has 0 radical (unpaired) electrons. The van der Waals surface area contributed by atoms with Gasteiger partial charge in [0.1, 0.15) is 0 Å². The molecule has 0 unspecified atom stereocenters. The first-order chi connectivity index (χ1) is 6.69. The van der Waals surface area contributed by atoms with Gasteiger partial charge in [0.2, 0.25) is 0 Å². The maximum Gasteiger partial charge on any atom is 0.317 e. The largest absolute Gasteiger partial charge is 0.341 e. The molecule has 0 aromatic carbocycles. The Bertz CT molecular complexity index is 188. The predicted octanol–water partition coefficient (Wildman–Crippen LogP) is 0.788. The van der Waals surface area contributed by atoms with Gasteiger partial charge in [0.05, 0.1) is 0 Å². The zero-order valence-electron chi connectivity index (χ0n) is 9.34. The minimum absolute atomic E-state index is 0.0258. The van der Waals surface area contributed by atoms with Gasteiger partial charge in [-0.05, 0) is 32.7 Å². The number of urea groups is 1. The van der Waals surface area contributed by atoms with Crippen LogP contribution in [0.1, 0.15) is 25.7 Å². The Hall–Kier alpha value is -0.770. The highest BCUT2D eigenvalue weighted by molar-refractivity contribution is 5.73. The van der Waals surface area contributed by atoms with Crippen LogP contribution in [-0.2, 0) is 0 Å². The molecule has 82 valence electrons. The van der Waals surface area contributed by atoms with Gasteiger partial charge in [-0.15, -0.1) is 0 Å². The van der Waals surface area contributed by atoms with Crippen molar-refractivity contribution in [2.24, 2.45) is 0 Å². The van der Waals surface area contributed by atoms with Crippen LogP contribution in [0.25, 0.3) is 0 Å². The molecule has 0 bridgehead atoms. The lowest BCUT2D eigenvalue weighted by Crippen LogP contribution is -2.45. The molecule has 1 aliphatic carbocycles. The van der Waals surface area contributed by atoms with Crippen molar-refractivity contribution in [3.05, 3.63) is 0 Å². The zero-order valence-corrected chi connectivity index (χ0v) is 9.34. The highest BCUT2D eigenvalue weighted by Crippen LogP contribution is 2.21. The average molecular weight is 199 g/mol. The number of hydrogen-bond donors (Lipinski definition) is 2. The number of nitrogens with zero attached hydrogens (tertiary/aromatic N) is 1. The minimum Gasteiger partial charge on any atom is -0.341 e. The topological polar surface area (TPSA) is 44.4 Å². The molecular formula is C10H21N3O. The lowest BCUT2D eigenvalue weighted by Gasteiger charge is -2.34. The van der Waals surface area contributed by atoms with E-state index in [0.717, 1.165) is 12.8 Å². The molecule has 1 aliphatic rings. The number of rotatable bonds is 2. The third kappa shape index (κ3) is 2.61. The Kier molecular flexibility index (Phi) is 4.20. The molecule has 0 saturated heterocycles. The Morgan fingerprint density at radius 3 is 2.21 bits per heavy atom. The van der Waals surface area contributed by atoms with Crippen LogP contribution < -0.4 is 10.6 Å². The van der Waals surface area contributed by atoms with E-state index in [1.54, 1.807) is 7.05 Å². The lowest BCUT2D eigenvalue weighted by molar-refractivity contribution is 0.169. The number of carbonyl (C=O) groups excluding carboxylic acids is 1. The number of hydrogen-bond acceptors (Lipinski definition) is 2. The average Bonchev–Trinajstić information content (AvgIpc) is 2.27. The molecule has 4 heteroatoms. The highest BCUT2D eigenvalue weighted by atomic mass is 16.2. The summed E-state index contributed by atoms with van der Waals surface area (Å²) in [6, 6.07) is 1.08. The number of carbonyl (C=O) groups is 1. The Labute approximate surface area is 86.0 Å². The fraction of sp³-hybridized carbons (Fsp3) is 0.900. The van der Waals surface area contributed by atoms with Gasteiger partial charge in [-0.3, -0.25) is 0 Å². The quantitative estimate of drug-likeness (QED) is 0.690. The fourth-order valence-corrected chi connectivity index (χ4v) is 2.09. The summed E-state index contributed by atoms with van der Waals surface area (Å²) in [5.74, 6) is 0. The Morgan fingerprint density at radius 1 is 1.21 bits per heavy atom. The fourth-order valence-electron chi connectivity index (χ4n) is 2.09. The molecule has 0 aliphatic heterocycles. The maximum atomic E-state index is 11.4. The summed E-state index contributed by atoms with van der Waals surface area (Å²) in [5, 5.41) is 5.95. The second-order valence-electron chi connectivity index (χ2n) is 3.96. The molecule has 0 spiro atoms. The van der Waals surface area contributed by atoms with Crippen molar-refractivity contribution in [3.63, 3.8) is 0 Å². The van der Waals surface area contributed by atoms with Crippen LogP contribution in [-0.4, -0.2) is 44.2 Å². The lowest BCUT2D eigenvalue weighted by atomic mass is 9.90. The predicted molar refractivity (Wildman–Crippen MR) is 57.3 cm³/mol. The summed E-state index contributed by atoms with van der Waals surface area (Å²) in [7, 11) is 5.56. The second kappa shape index (κ2) is 5.20. The van der Waals surface area contributed by atoms with Crippen LogP contribution in [0.2, 0.25) is 0 Å². The van der Waals surface area contributed by atoms with Crippen LogP contribution in [0.5, 0.6) is 0 Å². The van der Waals surface area contributed by atoms with E-state index in [2.05, 4.69) is 10.6 Å². The smallest absolute Gasteiger partial charge is 0.317 e. The Balaban J connectivity index is 2.37. The maximum absolute atomic E-state index is 11.4. The van der Waals surface area contributed by atoms with Gasteiger partial charge in [0.15, 0.2) is 0 Å². The number of amides is 2. The molecular weight excluding hydrogens is 178 g/mol. The summed E-state index contributed by atoms with van der Waals surface area (Å²) >= 11 is 0. The molecule has 4 nitrogen and oxygen atoms in total. The van der Waals surface area contributed by atoms with Crippen LogP contribution >= 0.6 is 0 Å². The van der Waals surface area contributed by atoms with Crippen LogP contribution in [0.3, 0.4) is 0 Å². The first-order valence-electron chi connectivity index (χ1n) is 5.30. The normalized spacial score (nSPS) is 27.1. The van der Waals surface area contributed by atoms with Gasteiger partial charge in [-0.25, -0.2) is 4.79 Å². The van der Waals surface area contributed by atoms with Crippen molar-refractivity contribution >= 4 is 6.03 Å². The number of nitrogens with one attached hydrogen (secondary N) is 2.